The Bertz CT molecular complexity index is 612. The monoisotopic (exact) mass is 309 g/mol. The Kier molecular flexibility index (Phi) is 5.09. The van der Waals surface area contributed by atoms with Gasteiger partial charge >= 0.3 is 0 Å². The number of benzene rings is 1. The summed E-state index contributed by atoms with van der Waals surface area (Å²) in [5.74, 6) is -0.183. The van der Waals surface area contributed by atoms with E-state index in [1.54, 1.807) is 23.9 Å². The minimum absolute atomic E-state index is 0.183. The van der Waals surface area contributed by atoms with Crippen LogP contribution in [0.3, 0.4) is 0 Å². The summed E-state index contributed by atoms with van der Waals surface area (Å²) in [7, 11) is 0. The lowest BCUT2D eigenvalue weighted by Gasteiger charge is -2.07. The van der Waals surface area contributed by atoms with Gasteiger partial charge in [-0.2, -0.15) is 5.10 Å². The van der Waals surface area contributed by atoms with Crippen LogP contribution in [0.25, 0.3) is 0 Å². The van der Waals surface area contributed by atoms with Crippen LogP contribution >= 0.6 is 23.4 Å². The van der Waals surface area contributed by atoms with E-state index in [1.807, 2.05) is 36.2 Å². The van der Waals surface area contributed by atoms with E-state index < -0.39 is 0 Å². The third kappa shape index (κ3) is 3.55. The lowest BCUT2D eigenvalue weighted by atomic mass is 10.2. The molecule has 0 unspecified atom stereocenters. The maximum absolute atomic E-state index is 12.1. The van der Waals surface area contributed by atoms with Crippen LogP contribution in [0, 0.1) is 0 Å². The molecule has 0 aliphatic carbocycles. The highest BCUT2D eigenvalue weighted by atomic mass is 35.5. The second-order valence-corrected chi connectivity index (χ2v) is 5.48. The van der Waals surface area contributed by atoms with E-state index in [4.69, 9.17) is 11.6 Å². The molecular formula is C14H16ClN3OS. The fourth-order valence-corrected chi connectivity index (χ4v) is 2.39. The zero-order chi connectivity index (χ0) is 14.5. The van der Waals surface area contributed by atoms with Crippen LogP contribution in [-0.2, 0) is 13.1 Å². The van der Waals surface area contributed by atoms with Gasteiger partial charge in [-0.15, -0.1) is 11.8 Å². The van der Waals surface area contributed by atoms with Crippen molar-refractivity contribution >= 4 is 29.3 Å². The number of hydrogen-bond acceptors (Lipinski definition) is 3. The highest BCUT2D eigenvalue weighted by Gasteiger charge is 2.11. The molecule has 0 spiro atoms. The Morgan fingerprint density at radius 3 is 2.90 bits per heavy atom. The third-order valence-electron chi connectivity index (χ3n) is 2.87. The van der Waals surface area contributed by atoms with Gasteiger partial charge in [0.25, 0.3) is 5.91 Å². The summed E-state index contributed by atoms with van der Waals surface area (Å²) in [4.78, 5) is 13.2. The average molecular weight is 310 g/mol. The molecule has 1 heterocycles. The van der Waals surface area contributed by atoms with E-state index in [2.05, 4.69) is 10.4 Å². The van der Waals surface area contributed by atoms with Crippen LogP contribution in [0.1, 0.15) is 23.0 Å². The van der Waals surface area contributed by atoms with Crippen LogP contribution in [0.4, 0.5) is 0 Å². The molecule has 1 amide bonds. The fraction of sp³-hybridized carbons (Fsp3) is 0.286. The molecule has 0 fully saturated rings. The summed E-state index contributed by atoms with van der Waals surface area (Å²) in [6.45, 7) is 3.23. The van der Waals surface area contributed by atoms with Gasteiger partial charge in [0.15, 0.2) is 0 Å². The molecule has 0 saturated heterocycles. The van der Waals surface area contributed by atoms with Crippen molar-refractivity contribution in [1.29, 1.82) is 0 Å². The van der Waals surface area contributed by atoms with Gasteiger partial charge in [-0.3, -0.25) is 9.48 Å². The molecule has 1 N–H and O–H groups in total. The molecule has 0 atom stereocenters. The van der Waals surface area contributed by atoms with E-state index in [1.165, 1.54) is 0 Å². The highest BCUT2D eigenvalue weighted by molar-refractivity contribution is 7.98. The number of hydrogen-bond donors (Lipinski definition) is 1. The summed E-state index contributed by atoms with van der Waals surface area (Å²) in [5, 5.41) is 7.61. The van der Waals surface area contributed by atoms with Gasteiger partial charge in [-0.1, -0.05) is 11.6 Å². The van der Waals surface area contributed by atoms with Crippen LogP contribution in [-0.4, -0.2) is 21.9 Å². The largest absolute Gasteiger partial charge is 0.346 e. The van der Waals surface area contributed by atoms with Gasteiger partial charge < -0.3 is 5.32 Å². The van der Waals surface area contributed by atoms with Crippen molar-refractivity contribution in [2.75, 3.05) is 6.26 Å². The number of nitrogens with zero attached hydrogens (tertiary/aromatic N) is 2. The molecule has 1 aromatic carbocycles. The number of nitrogens with one attached hydrogen (secondary N) is 1. The first-order chi connectivity index (χ1) is 9.63. The lowest BCUT2D eigenvalue weighted by molar-refractivity contribution is 0.0950. The predicted octanol–water partition coefficient (Wildman–Crippen LogP) is 3.21. The third-order valence-corrected chi connectivity index (χ3v) is 3.92. The zero-order valence-electron chi connectivity index (χ0n) is 11.4. The average Bonchev–Trinajstić information content (AvgIpc) is 2.93. The van der Waals surface area contributed by atoms with Crippen molar-refractivity contribution in [3.05, 3.63) is 46.7 Å². The fourth-order valence-electron chi connectivity index (χ4n) is 1.75. The summed E-state index contributed by atoms with van der Waals surface area (Å²) >= 11 is 7.64. The number of halogens is 1. The van der Waals surface area contributed by atoms with E-state index >= 15 is 0 Å². The Hall–Kier alpha value is -1.46. The number of amides is 1. The molecule has 0 radical (unpaired) electrons. The molecule has 4 nitrogen and oxygen atoms in total. The van der Waals surface area contributed by atoms with E-state index in [9.17, 15) is 4.79 Å². The maximum Gasteiger partial charge on any atom is 0.253 e. The molecule has 106 valence electrons. The molecule has 0 bridgehead atoms. The predicted molar refractivity (Wildman–Crippen MR) is 82.3 cm³/mol. The van der Waals surface area contributed by atoms with Crippen molar-refractivity contribution in [3.63, 3.8) is 0 Å². The Labute approximate surface area is 127 Å². The highest BCUT2D eigenvalue weighted by Crippen LogP contribution is 2.22. The number of thioether (sulfide) groups is 1. The molecule has 0 saturated carbocycles. The number of aromatic nitrogens is 2. The molecule has 2 aromatic rings. The lowest BCUT2D eigenvalue weighted by Crippen LogP contribution is -2.23. The molecule has 20 heavy (non-hydrogen) atoms. The van der Waals surface area contributed by atoms with Crippen molar-refractivity contribution < 1.29 is 4.79 Å². The Balaban J connectivity index is 2.04. The maximum atomic E-state index is 12.1. The van der Waals surface area contributed by atoms with Gasteiger partial charge in [0.1, 0.15) is 0 Å². The smallest absolute Gasteiger partial charge is 0.253 e. The zero-order valence-corrected chi connectivity index (χ0v) is 13.0. The molecule has 6 heteroatoms. The molecular weight excluding hydrogens is 294 g/mol. The van der Waals surface area contributed by atoms with Crippen LogP contribution in [0.15, 0.2) is 35.4 Å². The first kappa shape index (κ1) is 14.9. The summed E-state index contributed by atoms with van der Waals surface area (Å²) in [6.07, 6.45) is 3.85. The minimum Gasteiger partial charge on any atom is -0.346 e. The number of aryl methyl sites for hydroxylation is 1. The number of carbonyl (C=O) groups is 1. The first-order valence-electron chi connectivity index (χ1n) is 6.28. The SMILES string of the molecule is CCn1ccc(CNC(=O)c2cc(SC)ccc2Cl)n1. The van der Waals surface area contributed by atoms with Crippen molar-refractivity contribution in [2.45, 2.75) is 24.9 Å². The summed E-state index contributed by atoms with van der Waals surface area (Å²) in [6, 6.07) is 7.33. The van der Waals surface area contributed by atoms with Crippen molar-refractivity contribution in [3.8, 4) is 0 Å². The summed E-state index contributed by atoms with van der Waals surface area (Å²) in [5.41, 5.74) is 1.32. The standard InChI is InChI=1S/C14H16ClN3OS/c1-3-18-7-6-10(17-18)9-16-14(19)12-8-11(20-2)4-5-13(12)15/h4-8H,3,9H2,1-2H3,(H,16,19). The topological polar surface area (TPSA) is 46.9 Å². The quantitative estimate of drug-likeness (QED) is 0.863. The minimum atomic E-state index is -0.183. The molecule has 1 aromatic heterocycles. The number of rotatable bonds is 5. The van der Waals surface area contributed by atoms with Crippen molar-refractivity contribution in [2.24, 2.45) is 0 Å². The second-order valence-electron chi connectivity index (χ2n) is 4.19. The summed E-state index contributed by atoms with van der Waals surface area (Å²) < 4.78 is 1.82. The molecule has 0 aliphatic heterocycles. The number of carbonyl (C=O) groups excluding carboxylic acids is 1. The van der Waals surface area contributed by atoms with Crippen molar-refractivity contribution in [1.82, 2.24) is 15.1 Å². The van der Waals surface area contributed by atoms with Gasteiger partial charge in [0.05, 0.1) is 22.8 Å². The van der Waals surface area contributed by atoms with Crippen LogP contribution in [0.2, 0.25) is 5.02 Å². The van der Waals surface area contributed by atoms with Gasteiger partial charge in [-0.25, -0.2) is 0 Å². The van der Waals surface area contributed by atoms with Crippen LogP contribution in [0.5, 0.6) is 0 Å². The van der Waals surface area contributed by atoms with Gasteiger partial charge in [0.2, 0.25) is 0 Å². The molecule has 0 aliphatic rings. The first-order valence-corrected chi connectivity index (χ1v) is 7.88. The van der Waals surface area contributed by atoms with Gasteiger partial charge in [-0.05, 0) is 37.4 Å². The van der Waals surface area contributed by atoms with E-state index in [0.29, 0.717) is 17.1 Å². The second kappa shape index (κ2) is 6.81. The van der Waals surface area contributed by atoms with Gasteiger partial charge in [0, 0.05) is 17.6 Å². The van der Waals surface area contributed by atoms with E-state index in [-0.39, 0.29) is 5.91 Å². The Morgan fingerprint density at radius 1 is 1.45 bits per heavy atom. The normalized spacial score (nSPS) is 10.6. The van der Waals surface area contributed by atoms with Crippen LogP contribution < -0.4 is 5.32 Å². The Morgan fingerprint density at radius 2 is 2.25 bits per heavy atom. The van der Waals surface area contributed by atoms with E-state index in [0.717, 1.165) is 17.1 Å². The molecule has 2 rings (SSSR count).